The van der Waals surface area contributed by atoms with Crippen LogP contribution in [0.3, 0.4) is 0 Å². The van der Waals surface area contributed by atoms with Crippen LogP contribution < -0.4 is 10.9 Å². The molecule has 2 fully saturated rings. The number of nitro benzene ring substituents is 2. The summed E-state index contributed by atoms with van der Waals surface area (Å²) < 4.78 is 0. The highest BCUT2D eigenvalue weighted by molar-refractivity contribution is 7.99. The van der Waals surface area contributed by atoms with Gasteiger partial charge in [0.1, 0.15) is 0 Å². The first-order valence-corrected chi connectivity index (χ1v) is 21.2. The Kier molecular flexibility index (Phi) is 14.5. The van der Waals surface area contributed by atoms with E-state index in [-0.39, 0.29) is 44.8 Å². The molecule has 2 heterocycles. The molecule has 0 aromatic heterocycles. The predicted molar refractivity (Wildman–Crippen MR) is 235 cm³/mol. The average Bonchev–Trinajstić information content (AvgIpc) is 3.22. The second-order valence-electron chi connectivity index (χ2n) is 15.6. The average molecular weight is 817 g/mol. The van der Waals surface area contributed by atoms with Gasteiger partial charge in [-0.2, -0.15) is 0 Å². The first-order chi connectivity index (χ1) is 28.4. The van der Waals surface area contributed by atoms with Crippen LogP contribution in [-0.4, -0.2) is 57.9 Å². The number of benzene rings is 4. The highest BCUT2D eigenvalue weighted by Gasteiger charge is 2.31. The zero-order valence-electron chi connectivity index (χ0n) is 34.1. The Labute approximate surface area is 350 Å². The smallest absolute Gasteiger partial charge is 0.285 e. The standard InChI is InChI=1S/C46H52N6O6S/c1-31(2)35-15-7-9-17-37(35)43-33(21-25-41(53)47-49-27-11-5-12-28-49)19-23-39(45(43)51(55)56)59-40-24-20-34(22-26-42(54)48-50-29-13-6-14-30-50)44(46(40)52(57)58)38-18-10-8-16-36(38)32(3)4/h7-10,15-26,31-32H,5-6,11-14,27-30H2,1-4H3,(H,47,53)(H,48,54). The van der Waals surface area contributed by atoms with Gasteiger partial charge >= 0.3 is 0 Å². The second kappa shape index (κ2) is 19.9. The van der Waals surface area contributed by atoms with Crippen molar-refractivity contribution >= 4 is 47.1 Å². The monoisotopic (exact) mass is 816 g/mol. The maximum absolute atomic E-state index is 13.3. The summed E-state index contributed by atoms with van der Waals surface area (Å²) in [5, 5.41) is 30.4. The minimum absolute atomic E-state index is 0.00791. The summed E-state index contributed by atoms with van der Waals surface area (Å²) in [6, 6.07) is 21.6. The number of hydrogen-bond acceptors (Lipinski definition) is 9. The molecular weight excluding hydrogens is 765 g/mol. The molecule has 0 aliphatic carbocycles. The van der Waals surface area contributed by atoms with Crippen LogP contribution in [-0.2, 0) is 9.59 Å². The molecule has 59 heavy (non-hydrogen) atoms. The summed E-state index contributed by atoms with van der Waals surface area (Å²) in [7, 11) is 0. The number of hydrogen-bond donors (Lipinski definition) is 2. The maximum atomic E-state index is 13.3. The van der Waals surface area contributed by atoms with E-state index < -0.39 is 9.85 Å². The Morgan fingerprint density at radius 1 is 0.593 bits per heavy atom. The molecule has 4 aromatic rings. The molecule has 0 saturated carbocycles. The molecular formula is C46H52N6O6S. The van der Waals surface area contributed by atoms with Crippen LogP contribution in [0.25, 0.3) is 34.4 Å². The number of rotatable bonds is 14. The molecule has 2 saturated heterocycles. The largest absolute Gasteiger partial charge is 0.291 e. The van der Waals surface area contributed by atoms with E-state index in [2.05, 4.69) is 10.9 Å². The first kappa shape index (κ1) is 43.0. The van der Waals surface area contributed by atoms with E-state index in [1.54, 1.807) is 36.4 Å². The van der Waals surface area contributed by atoms with Gasteiger partial charge in [-0.05, 0) is 95.2 Å². The second-order valence-corrected chi connectivity index (χ2v) is 16.7. The minimum atomic E-state index is -0.446. The number of nitrogens with one attached hydrogen (secondary N) is 2. The van der Waals surface area contributed by atoms with Crippen molar-refractivity contribution in [3.05, 3.63) is 127 Å². The van der Waals surface area contributed by atoms with Crippen LogP contribution in [0, 0.1) is 20.2 Å². The molecule has 4 aromatic carbocycles. The van der Waals surface area contributed by atoms with Crippen LogP contribution >= 0.6 is 11.8 Å². The lowest BCUT2D eigenvalue weighted by atomic mass is 9.89. The predicted octanol–water partition coefficient (Wildman–Crippen LogP) is 10.3. The van der Waals surface area contributed by atoms with Gasteiger partial charge in [-0.25, -0.2) is 10.0 Å². The maximum Gasteiger partial charge on any atom is 0.291 e. The molecule has 0 bridgehead atoms. The van der Waals surface area contributed by atoms with Crippen molar-refractivity contribution in [2.75, 3.05) is 26.2 Å². The van der Waals surface area contributed by atoms with E-state index in [1.807, 2.05) is 86.2 Å². The Balaban J connectivity index is 1.49. The van der Waals surface area contributed by atoms with Gasteiger partial charge in [0.25, 0.3) is 23.2 Å². The fraction of sp³-hybridized carbons (Fsp3) is 0.348. The molecule has 13 heteroatoms. The summed E-state index contributed by atoms with van der Waals surface area (Å²) in [4.78, 5) is 52.3. The zero-order chi connectivity index (χ0) is 42.1. The van der Waals surface area contributed by atoms with E-state index in [0.717, 1.165) is 87.6 Å². The lowest BCUT2D eigenvalue weighted by molar-refractivity contribution is -0.387. The van der Waals surface area contributed by atoms with E-state index in [9.17, 15) is 29.8 Å². The Bertz CT molecular complexity index is 2100. The molecule has 0 atom stereocenters. The molecule has 2 aliphatic rings. The van der Waals surface area contributed by atoms with Crippen molar-refractivity contribution in [1.82, 2.24) is 20.9 Å². The molecule has 0 unspecified atom stereocenters. The van der Waals surface area contributed by atoms with E-state index in [1.165, 1.54) is 12.2 Å². The van der Waals surface area contributed by atoms with E-state index in [0.29, 0.717) is 33.4 Å². The lowest BCUT2D eigenvalue weighted by Gasteiger charge is -2.26. The number of carbonyl (C=O) groups excluding carboxylic acids is 2. The molecule has 0 spiro atoms. The third-order valence-corrected chi connectivity index (χ3v) is 11.8. The Morgan fingerprint density at radius 3 is 1.32 bits per heavy atom. The fourth-order valence-corrected chi connectivity index (χ4v) is 8.91. The molecule has 2 N–H and O–H groups in total. The molecule has 6 rings (SSSR count). The van der Waals surface area contributed by atoms with Crippen molar-refractivity contribution < 1.29 is 19.4 Å². The quantitative estimate of drug-likeness (QED) is 0.0720. The van der Waals surface area contributed by atoms with Crippen LogP contribution in [0.2, 0.25) is 0 Å². The van der Waals surface area contributed by atoms with Gasteiger partial charge in [0.2, 0.25) is 0 Å². The highest BCUT2D eigenvalue weighted by Crippen LogP contribution is 2.50. The van der Waals surface area contributed by atoms with E-state index >= 15 is 0 Å². The number of amides is 2. The van der Waals surface area contributed by atoms with Crippen molar-refractivity contribution in [3.8, 4) is 22.3 Å². The van der Waals surface area contributed by atoms with Gasteiger partial charge in [-0.1, -0.05) is 113 Å². The third-order valence-electron chi connectivity index (χ3n) is 10.7. The molecule has 308 valence electrons. The lowest BCUT2D eigenvalue weighted by Crippen LogP contribution is -2.44. The third kappa shape index (κ3) is 10.5. The summed E-state index contributed by atoms with van der Waals surface area (Å²) in [5.74, 6) is -0.653. The number of nitrogens with zero attached hydrogens (tertiary/aromatic N) is 4. The normalized spacial score (nSPS) is 15.3. The highest BCUT2D eigenvalue weighted by atomic mass is 32.2. The van der Waals surface area contributed by atoms with Gasteiger partial charge < -0.3 is 0 Å². The summed E-state index contributed by atoms with van der Waals surface area (Å²) >= 11 is 0.953. The van der Waals surface area contributed by atoms with Gasteiger partial charge in [-0.3, -0.25) is 40.7 Å². The zero-order valence-corrected chi connectivity index (χ0v) is 34.9. The van der Waals surface area contributed by atoms with Crippen molar-refractivity contribution in [2.45, 2.75) is 87.8 Å². The van der Waals surface area contributed by atoms with Crippen LogP contribution in [0.15, 0.2) is 94.7 Å². The number of nitro groups is 2. The van der Waals surface area contributed by atoms with Gasteiger partial charge in [0.05, 0.1) is 30.8 Å². The number of hydrazine groups is 2. The summed E-state index contributed by atoms with van der Waals surface area (Å²) in [5.41, 5.74) is 9.99. The van der Waals surface area contributed by atoms with Crippen LogP contribution in [0.4, 0.5) is 11.4 Å². The Morgan fingerprint density at radius 2 is 0.966 bits per heavy atom. The topological polar surface area (TPSA) is 151 Å². The van der Waals surface area contributed by atoms with Crippen molar-refractivity contribution in [1.29, 1.82) is 0 Å². The van der Waals surface area contributed by atoms with Crippen LogP contribution in [0.5, 0.6) is 0 Å². The van der Waals surface area contributed by atoms with E-state index in [4.69, 9.17) is 0 Å². The van der Waals surface area contributed by atoms with Gasteiger partial charge in [0, 0.05) is 38.3 Å². The first-order valence-electron chi connectivity index (χ1n) is 20.4. The number of piperidine rings is 2. The van der Waals surface area contributed by atoms with Gasteiger partial charge in [0.15, 0.2) is 0 Å². The number of carbonyl (C=O) groups is 2. The van der Waals surface area contributed by atoms with Crippen molar-refractivity contribution in [3.63, 3.8) is 0 Å². The molecule has 2 amide bonds. The summed E-state index contributed by atoms with van der Waals surface area (Å²) in [6.07, 6.45) is 12.2. The molecule has 12 nitrogen and oxygen atoms in total. The summed E-state index contributed by atoms with van der Waals surface area (Å²) in [6.45, 7) is 11.1. The SMILES string of the molecule is CC(C)c1ccccc1-c1c(C=CC(=O)NN2CCCCC2)ccc(Sc2ccc(C=CC(=O)NN3CCCCC3)c(-c3ccccc3C(C)C)c2[N+](=O)[O-])c1[N+](=O)[O-]. The Hall–Kier alpha value is -5.63. The fourth-order valence-electron chi connectivity index (χ4n) is 7.85. The molecule has 0 radical (unpaired) electrons. The molecule has 2 aliphatic heterocycles. The van der Waals surface area contributed by atoms with Gasteiger partial charge in [-0.15, -0.1) is 0 Å². The minimum Gasteiger partial charge on any atom is -0.285 e. The van der Waals surface area contributed by atoms with Crippen LogP contribution in [0.1, 0.15) is 100 Å². The van der Waals surface area contributed by atoms with Crippen molar-refractivity contribution in [2.24, 2.45) is 0 Å².